The molecule has 1 unspecified atom stereocenters. The Morgan fingerprint density at radius 3 is 2.30 bits per heavy atom. The van der Waals surface area contributed by atoms with Crippen LogP contribution in [-0.4, -0.2) is 33.9 Å². The van der Waals surface area contributed by atoms with E-state index in [9.17, 15) is 14.4 Å². The van der Waals surface area contributed by atoms with Gasteiger partial charge in [0, 0.05) is 5.56 Å². The summed E-state index contributed by atoms with van der Waals surface area (Å²) in [5, 5.41) is 10.1. The molecule has 1 aromatic carbocycles. The average molecular weight is 295 g/mol. The van der Waals surface area contributed by atoms with Gasteiger partial charge in [-0.2, -0.15) is 0 Å². The molecule has 0 saturated carbocycles. The predicted molar refractivity (Wildman–Crippen MR) is 77.6 cm³/mol. The summed E-state index contributed by atoms with van der Waals surface area (Å²) in [4.78, 5) is 34.4. The van der Waals surface area contributed by atoms with Gasteiger partial charge in [0.05, 0.1) is 5.25 Å². The van der Waals surface area contributed by atoms with Gasteiger partial charge in [0.25, 0.3) is 0 Å². The Labute approximate surface area is 121 Å². The fourth-order valence-electron chi connectivity index (χ4n) is 1.51. The fourth-order valence-corrected chi connectivity index (χ4v) is 2.48. The number of thioether (sulfide) groups is 1. The molecule has 2 N–H and O–H groups in total. The van der Waals surface area contributed by atoms with Gasteiger partial charge in [0.2, 0.25) is 11.0 Å². The first-order chi connectivity index (χ1) is 9.41. The summed E-state index contributed by atoms with van der Waals surface area (Å²) < 4.78 is 0. The van der Waals surface area contributed by atoms with Gasteiger partial charge < -0.3 is 10.4 Å². The van der Waals surface area contributed by atoms with Gasteiger partial charge >= 0.3 is 5.97 Å². The fraction of sp³-hybridized carbons (Fsp3) is 0.357. The Hall–Kier alpha value is -1.82. The number of hydrogen-bond donors (Lipinski definition) is 2. The Balaban J connectivity index is 2.70. The van der Waals surface area contributed by atoms with Gasteiger partial charge in [-0.1, -0.05) is 55.9 Å². The van der Waals surface area contributed by atoms with Gasteiger partial charge in [-0.05, 0) is 5.92 Å². The zero-order chi connectivity index (χ0) is 15.1. The lowest BCUT2D eigenvalue weighted by Gasteiger charge is -2.18. The zero-order valence-corrected chi connectivity index (χ0v) is 12.1. The summed E-state index contributed by atoms with van der Waals surface area (Å²) in [6.45, 7) is 3.19. The first-order valence-corrected chi connectivity index (χ1v) is 7.05. The molecular weight excluding hydrogens is 278 g/mol. The number of carboxylic acid groups (broad SMARTS) is 1. The van der Waals surface area contributed by atoms with E-state index in [0.717, 1.165) is 11.8 Å². The third-order valence-corrected chi connectivity index (χ3v) is 3.98. The topological polar surface area (TPSA) is 83.5 Å². The first kappa shape index (κ1) is 16.2. The molecule has 20 heavy (non-hydrogen) atoms. The quantitative estimate of drug-likeness (QED) is 0.836. The highest BCUT2D eigenvalue weighted by molar-refractivity contribution is 8.15. The summed E-state index contributed by atoms with van der Waals surface area (Å²) in [6.07, 6.45) is 0. The molecule has 1 atom stereocenters. The molecule has 0 aliphatic heterocycles. The first-order valence-electron chi connectivity index (χ1n) is 6.17. The Morgan fingerprint density at radius 2 is 1.80 bits per heavy atom. The normalized spacial score (nSPS) is 11.9. The molecule has 1 aromatic rings. The van der Waals surface area contributed by atoms with Gasteiger partial charge in [0.15, 0.2) is 0 Å². The van der Waals surface area contributed by atoms with E-state index in [1.54, 1.807) is 30.3 Å². The minimum absolute atomic E-state index is 0.0820. The number of hydrogen-bond acceptors (Lipinski definition) is 4. The van der Waals surface area contributed by atoms with Crippen LogP contribution >= 0.6 is 11.8 Å². The Bertz CT molecular complexity index is 487. The van der Waals surface area contributed by atoms with Crippen molar-refractivity contribution in [2.75, 3.05) is 6.54 Å². The molecule has 0 aromatic heterocycles. The molecule has 0 bridgehead atoms. The van der Waals surface area contributed by atoms with E-state index in [-0.39, 0.29) is 11.0 Å². The van der Waals surface area contributed by atoms with Crippen LogP contribution in [0.2, 0.25) is 0 Å². The number of carboxylic acids is 1. The lowest BCUT2D eigenvalue weighted by molar-refractivity contribution is -0.137. The smallest absolute Gasteiger partial charge is 0.322 e. The van der Waals surface area contributed by atoms with Crippen molar-refractivity contribution in [2.45, 2.75) is 19.1 Å². The number of aliphatic carboxylic acids is 1. The van der Waals surface area contributed by atoms with Gasteiger partial charge in [-0.3, -0.25) is 14.4 Å². The number of nitrogens with one attached hydrogen (secondary N) is 1. The number of rotatable bonds is 6. The number of amides is 1. The SMILES string of the molecule is CC(C)C(SC(=O)c1ccccc1)C(=O)NCC(=O)O. The van der Waals surface area contributed by atoms with Crippen molar-refractivity contribution in [3.8, 4) is 0 Å². The van der Waals surface area contributed by atoms with Crippen LogP contribution in [-0.2, 0) is 9.59 Å². The molecule has 5 nitrogen and oxygen atoms in total. The van der Waals surface area contributed by atoms with Crippen molar-refractivity contribution in [2.24, 2.45) is 5.92 Å². The number of carbonyl (C=O) groups excluding carboxylic acids is 2. The van der Waals surface area contributed by atoms with Crippen molar-refractivity contribution in [3.63, 3.8) is 0 Å². The van der Waals surface area contributed by atoms with E-state index < -0.39 is 23.7 Å². The minimum Gasteiger partial charge on any atom is -0.480 e. The molecule has 0 heterocycles. The van der Waals surface area contributed by atoms with Crippen LogP contribution in [0, 0.1) is 5.92 Å². The van der Waals surface area contributed by atoms with Crippen molar-refractivity contribution < 1.29 is 19.5 Å². The van der Waals surface area contributed by atoms with E-state index in [0.29, 0.717) is 5.56 Å². The van der Waals surface area contributed by atoms with Crippen LogP contribution < -0.4 is 5.32 Å². The van der Waals surface area contributed by atoms with E-state index in [2.05, 4.69) is 5.32 Å². The summed E-state index contributed by atoms with van der Waals surface area (Å²) in [5.74, 6) is -1.63. The van der Waals surface area contributed by atoms with Crippen molar-refractivity contribution >= 4 is 28.8 Å². The maximum Gasteiger partial charge on any atom is 0.322 e. The second-order valence-electron chi connectivity index (χ2n) is 4.55. The van der Waals surface area contributed by atoms with Crippen LogP contribution in [0.15, 0.2) is 30.3 Å². The van der Waals surface area contributed by atoms with E-state index >= 15 is 0 Å². The molecule has 1 rings (SSSR count). The van der Waals surface area contributed by atoms with Crippen molar-refractivity contribution in [1.29, 1.82) is 0 Å². The highest BCUT2D eigenvalue weighted by Crippen LogP contribution is 2.24. The second-order valence-corrected chi connectivity index (χ2v) is 5.66. The molecule has 108 valence electrons. The van der Waals surface area contributed by atoms with E-state index in [1.807, 2.05) is 13.8 Å². The molecule has 6 heteroatoms. The largest absolute Gasteiger partial charge is 0.480 e. The molecule has 0 radical (unpaired) electrons. The zero-order valence-electron chi connectivity index (χ0n) is 11.3. The summed E-state index contributed by atoms with van der Waals surface area (Å²) in [6, 6.07) is 8.68. The van der Waals surface area contributed by atoms with Crippen LogP contribution in [0.1, 0.15) is 24.2 Å². The van der Waals surface area contributed by atoms with E-state index in [1.165, 1.54) is 0 Å². The predicted octanol–water partition coefficient (Wildman–Crippen LogP) is 1.79. The average Bonchev–Trinajstić information content (AvgIpc) is 2.42. The summed E-state index contributed by atoms with van der Waals surface area (Å²) in [7, 11) is 0. The Kier molecular flexibility index (Phi) is 6.24. The van der Waals surface area contributed by atoms with Crippen LogP contribution in [0.3, 0.4) is 0 Å². The molecule has 0 spiro atoms. The third kappa shape index (κ3) is 5.05. The molecule has 0 saturated heterocycles. The van der Waals surface area contributed by atoms with E-state index in [4.69, 9.17) is 5.11 Å². The van der Waals surface area contributed by atoms with Gasteiger partial charge in [-0.15, -0.1) is 0 Å². The van der Waals surface area contributed by atoms with Crippen molar-refractivity contribution in [1.82, 2.24) is 5.32 Å². The third-order valence-electron chi connectivity index (χ3n) is 2.52. The highest BCUT2D eigenvalue weighted by atomic mass is 32.2. The standard InChI is InChI=1S/C14H17NO4S/c1-9(2)12(13(18)15-8-11(16)17)20-14(19)10-6-4-3-5-7-10/h3-7,9,12H,8H2,1-2H3,(H,15,18)(H,16,17). The number of benzene rings is 1. The lowest BCUT2D eigenvalue weighted by Crippen LogP contribution is -2.39. The molecular formula is C14H17NO4S. The van der Waals surface area contributed by atoms with Crippen molar-refractivity contribution in [3.05, 3.63) is 35.9 Å². The maximum atomic E-state index is 12.1. The minimum atomic E-state index is -1.11. The lowest BCUT2D eigenvalue weighted by atomic mass is 10.1. The summed E-state index contributed by atoms with van der Waals surface area (Å²) in [5.41, 5.74) is 0.522. The molecule has 0 aliphatic rings. The van der Waals surface area contributed by atoms with Crippen LogP contribution in [0.5, 0.6) is 0 Å². The molecule has 0 fully saturated rings. The van der Waals surface area contributed by atoms with Gasteiger partial charge in [0.1, 0.15) is 6.54 Å². The molecule has 0 aliphatic carbocycles. The molecule has 1 amide bonds. The van der Waals surface area contributed by atoms with Gasteiger partial charge in [-0.25, -0.2) is 0 Å². The second kappa shape index (κ2) is 7.69. The van der Waals surface area contributed by atoms with Crippen LogP contribution in [0.4, 0.5) is 0 Å². The monoisotopic (exact) mass is 295 g/mol. The maximum absolute atomic E-state index is 12.1. The van der Waals surface area contributed by atoms with Crippen LogP contribution in [0.25, 0.3) is 0 Å². The highest BCUT2D eigenvalue weighted by Gasteiger charge is 2.26. The number of carbonyl (C=O) groups is 3. The Morgan fingerprint density at radius 1 is 1.20 bits per heavy atom. The summed E-state index contributed by atoms with van der Waals surface area (Å²) >= 11 is 0.922.